The summed E-state index contributed by atoms with van der Waals surface area (Å²) in [5.41, 5.74) is 4.16. The number of nitrogens with zero attached hydrogens (tertiary/aromatic N) is 2. The van der Waals surface area contributed by atoms with Gasteiger partial charge < -0.3 is 14.1 Å². The lowest BCUT2D eigenvalue weighted by atomic mass is 9.64. The fourth-order valence-electron chi connectivity index (χ4n) is 8.70. The van der Waals surface area contributed by atoms with E-state index in [9.17, 15) is 18.0 Å². The van der Waals surface area contributed by atoms with Crippen LogP contribution in [0.2, 0.25) is 0 Å². The summed E-state index contributed by atoms with van der Waals surface area (Å²) in [4.78, 5) is 20.7. The van der Waals surface area contributed by atoms with Gasteiger partial charge in [0, 0.05) is 43.6 Å². The molecule has 5 nitrogen and oxygen atoms in total. The smallest absolute Gasteiger partial charge is 0.416 e. The summed E-state index contributed by atoms with van der Waals surface area (Å²) in [6, 6.07) is 20.0. The second-order valence-electron chi connectivity index (χ2n) is 14.4. The monoisotopic (exact) mass is 658 g/mol. The first-order valence-corrected chi connectivity index (χ1v) is 17.8. The third-order valence-electron chi connectivity index (χ3n) is 11.4. The van der Waals surface area contributed by atoms with Crippen LogP contribution in [0.1, 0.15) is 86.2 Å². The highest BCUT2D eigenvalue weighted by Gasteiger charge is 2.43. The van der Waals surface area contributed by atoms with Crippen molar-refractivity contribution in [3.8, 4) is 5.75 Å². The third-order valence-corrected chi connectivity index (χ3v) is 11.4. The van der Waals surface area contributed by atoms with Crippen LogP contribution in [0.25, 0.3) is 11.1 Å². The average molecular weight is 659 g/mol. The number of benzene rings is 3. The van der Waals surface area contributed by atoms with Crippen LogP contribution in [0.5, 0.6) is 5.75 Å². The van der Waals surface area contributed by atoms with Crippen molar-refractivity contribution in [2.45, 2.75) is 83.9 Å². The highest BCUT2D eigenvalue weighted by Crippen LogP contribution is 2.49. The van der Waals surface area contributed by atoms with Gasteiger partial charge in [0.1, 0.15) is 17.4 Å². The van der Waals surface area contributed by atoms with Gasteiger partial charge in [-0.25, -0.2) is 4.98 Å². The topological polar surface area (TPSA) is 55.6 Å². The largest absolute Gasteiger partial charge is 0.490 e. The molecule has 2 aliphatic carbocycles. The van der Waals surface area contributed by atoms with Crippen LogP contribution in [0, 0.1) is 29.6 Å². The Morgan fingerprint density at radius 2 is 1.65 bits per heavy atom. The second-order valence-corrected chi connectivity index (χ2v) is 14.4. The van der Waals surface area contributed by atoms with Gasteiger partial charge in [0.25, 0.3) is 5.89 Å². The first-order valence-electron chi connectivity index (χ1n) is 17.8. The maximum atomic E-state index is 13.9. The van der Waals surface area contributed by atoms with Crippen molar-refractivity contribution in [3.05, 3.63) is 89.3 Å². The number of carbonyl (C=O) groups is 1. The number of rotatable bonds is 8. The van der Waals surface area contributed by atoms with E-state index >= 15 is 0 Å². The number of ether oxygens (including phenoxy) is 1. The molecule has 1 saturated heterocycles. The van der Waals surface area contributed by atoms with Gasteiger partial charge in [0.15, 0.2) is 5.58 Å². The van der Waals surface area contributed by atoms with Crippen molar-refractivity contribution in [2.75, 3.05) is 18.0 Å². The van der Waals surface area contributed by atoms with Crippen LogP contribution in [-0.2, 0) is 19.0 Å². The lowest BCUT2D eigenvalue weighted by Gasteiger charge is -2.41. The first-order chi connectivity index (χ1) is 23.1. The van der Waals surface area contributed by atoms with E-state index in [1.165, 1.54) is 29.7 Å². The highest BCUT2D eigenvalue weighted by molar-refractivity contribution is 5.96. The molecule has 1 aromatic heterocycles. The van der Waals surface area contributed by atoms with Crippen LogP contribution in [0.15, 0.2) is 71.1 Å². The Kier molecular flexibility index (Phi) is 9.27. The van der Waals surface area contributed by atoms with Crippen molar-refractivity contribution >= 4 is 22.6 Å². The molecule has 48 heavy (non-hydrogen) atoms. The summed E-state index contributed by atoms with van der Waals surface area (Å²) in [5, 5.41) is 0. The van der Waals surface area contributed by atoms with Gasteiger partial charge in [-0.05, 0) is 103 Å². The van der Waals surface area contributed by atoms with Crippen LogP contribution >= 0.6 is 0 Å². The minimum absolute atomic E-state index is 0.0241. The number of ketones is 1. The number of halogens is 3. The van der Waals surface area contributed by atoms with E-state index in [0.29, 0.717) is 53.6 Å². The summed E-state index contributed by atoms with van der Waals surface area (Å²) in [6.07, 6.45) is 4.62. The predicted octanol–water partition coefficient (Wildman–Crippen LogP) is 9.96. The number of anilines is 1. The number of carbonyl (C=O) groups excluding carboxylic acids is 1. The average Bonchev–Trinajstić information content (AvgIpc) is 3.43. The maximum Gasteiger partial charge on any atom is 0.416 e. The zero-order valence-corrected chi connectivity index (χ0v) is 27.8. The molecule has 2 bridgehead atoms. The number of aryl methyl sites for hydroxylation is 1. The first kappa shape index (κ1) is 32.7. The molecule has 2 saturated carbocycles. The Labute approximate surface area is 280 Å². The summed E-state index contributed by atoms with van der Waals surface area (Å²) < 4.78 is 51.2. The van der Waals surface area contributed by atoms with Crippen LogP contribution in [0.3, 0.4) is 0 Å². The number of piperidine rings is 1. The van der Waals surface area contributed by atoms with Gasteiger partial charge in [0.2, 0.25) is 5.78 Å². The molecular formula is C40H45F3N2O3. The molecule has 4 aromatic rings. The van der Waals surface area contributed by atoms with E-state index in [2.05, 4.69) is 48.0 Å². The maximum absolute atomic E-state index is 13.9. The zero-order chi connectivity index (χ0) is 33.4. The second kappa shape index (κ2) is 13.6. The molecule has 3 fully saturated rings. The van der Waals surface area contributed by atoms with Gasteiger partial charge in [-0.15, -0.1) is 0 Å². The Morgan fingerprint density at radius 3 is 2.35 bits per heavy atom. The van der Waals surface area contributed by atoms with Gasteiger partial charge in [-0.2, -0.15) is 13.2 Å². The van der Waals surface area contributed by atoms with Gasteiger partial charge >= 0.3 is 6.18 Å². The molecule has 8 heteroatoms. The van der Waals surface area contributed by atoms with Crippen LogP contribution in [0.4, 0.5) is 18.9 Å². The highest BCUT2D eigenvalue weighted by atomic mass is 19.4. The number of alkyl halides is 3. The molecule has 1 aliphatic heterocycles. The van der Waals surface area contributed by atoms with E-state index in [0.717, 1.165) is 69.2 Å². The van der Waals surface area contributed by atoms with Crippen molar-refractivity contribution in [1.29, 1.82) is 0 Å². The molecule has 5 unspecified atom stereocenters. The van der Waals surface area contributed by atoms with Crippen LogP contribution < -0.4 is 9.64 Å². The Hall–Kier alpha value is -3.81. The van der Waals surface area contributed by atoms with Gasteiger partial charge in [0.05, 0.1) is 5.56 Å². The summed E-state index contributed by atoms with van der Waals surface area (Å²) in [5.74, 6) is 3.09. The third kappa shape index (κ3) is 6.99. The number of oxazole rings is 1. The molecule has 254 valence electrons. The molecule has 5 atom stereocenters. The SMILES string of the molecule is CCc1ccc(CC2C(C)CC3CC2CCCC3C(=O)c2nc3ccc(OC4CCN(c5ccc(C(F)(F)F)cc5)CC4)cc3o2)cc1. The molecule has 3 aliphatic rings. The quantitative estimate of drug-likeness (QED) is 0.176. The van der Waals surface area contributed by atoms with Gasteiger partial charge in [-0.3, -0.25) is 4.79 Å². The summed E-state index contributed by atoms with van der Waals surface area (Å²) in [6.45, 7) is 5.96. The number of fused-ring (bicyclic) bond motifs is 3. The molecule has 0 spiro atoms. The molecule has 2 heterocycles. The summed E-state index contributed by atoms with van der Waals surface area (Å²) >= 11 is 0. The minimum Gasteiger partial charge on any atom is -0.490 e. The molecular weight excluding hydrogens is 613 g/mol. The fraction of sp³-hybridized carbons (Fsp3) is 0.500. The fourth-order valence-corrected chi connectivity index (χ4v) is 8.70. The molecule has 7 rings (SSSR count). The normalized spacial score (nSPS) is 25.2. The summed E-state index contributed by atoms with van der Waals surface area (Å²) in [7, 11) is 0. The van der Waals surface area contributed by atoms with E-state index in [1.807, 2.05) is 18.2 Å². The number of hydrogen-bond donors (Lipinski definition) is 0. The molecule has 3 aromatic carbocycles. The standard InChI is InChI=1S/C40H45F3N2O3/c1-3-26-7-9-27(10-8-26)22-35-25(2)21-29-23-28(35)5-4-6-34(29)38(46)39-44-36-16-15-33(24-37(36)48-39)47-32-17-19-45(20-18-32)31-13-11-30(12-14-31)40(41,42)43/h7-16,24-25,28-29,32,34-35H,3-6,17-23H2,1-2H3. The Balaban J connectivity index is 0.963. The Morgan fingerprint density at radius 1 is 0.917 bits per heavy atom. The van der Waals surface area contributed by atoms with Crippen LogP contribution in [-0.4, -0.2) is 30.0 Å². The van der Waals surface area contributed by atoms with Crippen molar-refractivity contribution in [2.24, 2.45) is 29.6 Å². The predicted molar refractivity (Wildman–Crippen MR) is 181 cm³/mol. The van der Waals surface area contributed by atoms with Gasteiger partial charge in [-0.1, -0.05) is 51.0 Å². The lowest BCUT2D eigenvalue weighted by Crippen LogP contribution is -2.38. The van der Waals surface area contributed by atoms with Crippen molar-refractivity contribution < 1.29 is 27.1 Å². The number of Topliss-reactive ketones (excluding diaryl/α,β-unsaturated/α-hetero) is 1. The number of hydrogen-bond acceptors (Lipinski definition) is 5. The minimum atomic E-state index is -4.34. The lowest BCUT2D eigenvalue weighted by molar-refractivity contribution is -0.137. The van der Waals surface area contributed by atoms with E-state index in [4.69, 9.17) is 9.15 Å². The molecule has 0 radical (unpaired) electrons. The Bertz CT molecular complexity index is 1710. The zero-order valence-electron chi connectivity index (χ0n) is 27.8. The molecule has 0 amide bonds. The van der Waals surface area contributed by atoms with Crippen molar-refractivity contribution in [3.63, 3.8) is 0 Å². The van der Waals surface area contributed by atoms with E-state index in [-0.39, 0.29) is 23.7 Å². The number of aromatic nitrogens is 1. The van der Waals surface area contributed by atoms with Crippen molar-refractivity contribution in [1.82, 2.24) is 4.98 Å². The molecule has 0 N–H and O–H groups in total. The van der Waals surface area contributed by atoms with E-state index < -0.39 is 11.7 Å². The van der Waals surface area contributed by atoms with E-state index in [1.54, 1.807) is 0 Å².